The van der Waals surface area contributed by atoms with E-state index in [9.17, 15) is 19.7 Å². The van der Waals surface area contributed by atoms with Gasteiger partial charge in [0.15, 0.2) is 6.10 Å². The van der Waals surface area contributed by atoms with E-state index in [1.165, 1.54) is 30.0 Å². The molecular weight excluding hydrogens is 324 g/mol. The lowest BCUT2D eigenvalue weighted by Gasteiger charge is -2.21. The highest BCUT2D eigenvalue weighted by Crippen LogP contribution is 2.15. The van der Waals surface area contributed by atoms with Gasteiger partial charge in [0, 0.05) is 25.7 Å². The maximum atomic E-state index is 12.3. The summed E-state index contributed by atoms with van der Waals surface area (Å²) in [6.07, 6.45) is -1.000. The van der Waals surface area contributed by atoms with E-state index in [0.29, 0.717) is 6.54 Å². The molecule has 2 aromatic rings. The average molecular weight is 342 g/mol. The molecule has 2 aromatic carbocycles. The summed E-state index contributed by atoms with van der Waals surface area (Å²) in [7, 11) is 1.62. The number of rotatable bonds is 6. The van der Waals surface area contributed by atoms with Crippen molar-refractivity contribution in [1.29, 1.82) is 0 Å². The van der Waals surface area contributed by atoms with E-state index in [2.05, 4.69) is 0 Å². The standard InChI is InChI=1S/C18H18N2O5/c1-13(17(21)19(2)12-14-7-4-3-5-8-14)25-18(22)15-9-6-10-16(11-15)20(23)24/h3-11,13H,12H2,1-2H3/t13-/m1/s1. The minimum atomic E-state index is -1.000. The first-order chi connectivity index (χ1) is 11.9. The zero-order valence-corrected chi connectivity index (χ0v) is 13.9. The molecule has 0 bridgehead atoms. The molecule has 1 atom stereocenters. The van der Waals surface area contributed by atoms with Crippen LogP contribution in [0.15, 0.2) is 54.6 Å². The lowest BCUT2D eigenvalue weighted by Crippen LogP contribution is -2.37. The highest BCUT2D eigenvalue weighted by atomic mass is 16.6. The third-order valence-corrected chi connectivity index (χ3v) is 3.56. The Morgan fingerprint density at radius 3 is 2.48 bits per heavy atom. The molecule has 0 aliphatic rings. The second kappa shape index (κ2) is 8.05. The number of likely N-dealkylation sites (N-methyl/N-ethyl adjacent to an activating group) is 1. The number of nitrogens with zero attached hydrogens (tertiary/aromatic N) is 2. The summed E-state index contributed by atoms with van der Waals surface area (Å²) < 4.78 is 5.14. The highest BCUT2D eigenvalue weighted by Gasteiger charge is 2.23. The van der Waals surface area contributed by atoms with Crippen LogP contribution in [0.4, 0.5) is 5.69 Å². The van der Waals surface area contributed by atoms with Crippen molar-refractivity contribution in [3.05, 3.63) is 75.8 Å². The van der Waals surface area contributed by atoms with Gasteiger partial charge in [0.2, 0.25) is 0 Å². The van der Waals surface area contributed by atoms with Gasteiger partial charge in [-0.25, -0.2) is 4.79 Å². The Hall–Kier alpha value is -3.22. The smallest absolute Gasteiger partial charge is 0.339 e. The van der Waals surface area contributed by atoms with E-state index in [-0.39, 0.29) is 17.2 Å². The molecule has 0 aliphatic heterocycles. The summed E-state index contributed by atoms with van der Waals surface area (Å²) >= 11 is 0. The van der Waals surface area contributed by atoms with Crippen molar-refractivity contribution in [2.24, 2.45) is 0 Å². The minimum Gasteiger partial charge on any atom is -0.449 e. The molecule has 0 unspecified atom stereocenters. The van der Waals surface area contributed by atoms with Crippen LogP contribution in [-0.4, -0.2) is 34.9 Å². The van der Waals surface area contributed by atoms with Crippen LogP contribution in [0.3, 0.4) is 0 Å². The molecular formula is C18H18N2O5. The molecule has 0 N–H and O–H groups in total. The molecule has 1 amide bonds. The molecule has 130 valence electrons. The molecule has 2 rings (SSSR count). The van der Waals surface area contributed by atoms with Crippen molar-refractivity contribution in [1.82, 2.24) is 4.90 Å². The highest BCUT2D eigenvalue weighted by molar-refractivity contribution is 5.92. The van der Waals surface area contributed by atoms with Crippen LogP contribution in [0, 0.1) is 10.1 Å². The lowest BCUT2D eigenvalue weighted by atomic mass is 10.2. The Labute approximate surface area is 145 Å². The largest absolute Gasteiger partial charge is 0.449 e. The molecule has 0 heterocycles. The van der Waals surface area contributed by atoms with Gasteiger partial charge in [-0.2, -0.15) is 0 Å². The van der Waals surface area contributed by atoms with Crippen molar-refractivity contribution in [3.8, 4) is 0 Å². The van der Waals surface area contributed by atoms with Gasteiger partial charge < -0.3 is 9.64 Å². The second-order valence-electron chi connectivity index (χ2n) is 5.53. The van der Waals surface area contributed by atoms with E-state index < -0.39 is 17.0 Å². The van der Waals surface area contributed by atoms with Gasteiger partial charge in [0.05, 0.1) is 10.5 Å². The SMILES string of the molecule is C[C@@H](OC(=O)c1cccc([N+](=O)[O-])c1)C(=O)N(C)Cc1ccccc1. The number of nitro benzene ring substituents is 1. The lowest BCUT2D eigenvalue weighted by molar-refractivity contribution is -0.384. The van der Waals surface area contributed by atoms with Crippen LogP contribution in [0.25, 0.3) is 0 Å². The van der Waals surface area contributed by atoms with Gasteiger partial charge in [-0.15, -0.1) is 0 Å². The predicted octanol–water partition coefficient (Wildman–Crippen LogP) is 2.80. The monoisotopic (exact) mass is 342 g/mol. The average Bonchev–Trinajstić information content (AvgIpc) is 2.61. The van der Waals surface area contributed by atoms with Gasteiger partial charge >= 0.3 is 5.97 Å². The third kappa shape index (κ3) is 4.87. The second-order valence-corrected chi connectivity index (χ2v) is 5.53. The number of benzene rings is 2. The van der Waals surface area contributed by atoms with Crippen LogP contribution in [0.5, 0.6) is 0 Å². The summed E-state index contributed by atoms with van der Waals surface area (Å²) in [5, 5.41) is 10.8. The number of ether oxygens (including phenoxy) is 1. The molecule has 0 aliphatic carbocycles. The fourth-order valence-corrected chi connectivity index (χ4v) is 2.27. The van der Waals surface area contributed by atoms with Gasteiger partial charge in [0.25, 0.3) is 11.6 Å². The number of carbonyl (C=O) groups is 2. The molecule has 0 aromatic heterocycles. The zero-order valence-electron chi connectivity index (χ0n) is 13.9. The Kier molecular flexibility index (Phi) is 5.84. The number of non-ortho nitro benzene ring substituents is 1. The van der Waals surface area contributed by atoms with Crippen molar-refractivity contribution in [3.63, 3.8) is 0 Å². The van der Waals surface area contributed by atoms with Crippen LogP contribution in [0.1, 0.15) is 22.8 Å². The topological polar surface area (TPSA) is 89.7 Å². The minimum absolute atomic E-state index is 0.0274. The van der Waals surface area contributed by atoms with Crippen LogP contribution in [0.2, 0.25) is 0 Å². The van der Waals surface area contributed by atoms with E-state index in [4.69, 9.17) is 4.74 Å². The van der Waals surface area contributed by atoms with Crippen molar-refractivity contribution in [2.75, 3.05) is 7.05 Å². The Morgan fingerprint density at radius 2 is 1.84 bits per heavy atom. The molecule has 7 nitrogen and oxygen atoms in total. The van der Waals surface area contributed by atoms with Crippen molar-refractivity contribution >= 4 is 17.6 Å². The van der Waals surface area contributed by atoms with Gasteiger partial charge in [-0.05, 0) is 18.6 Å². The van der Waals surface area contributed by atoms with Crippen molar-refractivity contribution < 1.29 is 19.2 Å². The molecule has 0 radical (unpaired) electrons. The summed E-state index contributed by atoms with van der Waals surface area (Å²) in [5.41, 5.74) is 0.768. The van der Waals surface area contributed by atoms with E-state index in [0.717, 1.165) is 11.6 Å². The predicted molar refractivity (Wildman–Crippen MR) is 90.9 cm³/mol. The Morgan fingerprint density at radius 1 is 1.16 bits per heavy atom. The van der Waals surface area contributed by atoms with E-state index >= 15 is 0 Å². The number of nitro groups is 1. The van der Waals surface area contributed by atoms with Gasteiger partial charge in [0.1, 0.15) is 0 Å². The number of hydrogen-bond donors (Lipinski definition) is 0. The molecule has 0 fully saturated rings. The summed E-state index contributed by atoms with van der Waals surface area (Å²) in [5.74, 6) is -1.14. The molecule has 7 heteroatoms. The zero-order chi connectivity index (χ0) is 18.4. The fraction of sp³-hybridized carbons (Fsp3) is 0.222. The Bertz CT molecular complexity index is 776. The quantitative estimate of drug-likeness (QED) is 0.457. The van der Waals surface area contributed by atoms with Gasteiger partial charge in [-0.3, -0.25) is 14.9 Å². The third-order valence-electron chi connectivity index (χ3n) is 3.56. The fourth-order valence-electron chi connectivity index (χ4n) is 2.27. The number of amides is 1. The van der Waals surface area contributed by atoms with Crippen LogP contribution < -0.4 is 0 Å². The summed E-state index contributed by atoms with van der Waals surface area (Å²) in [6, 6.07) is 14.6. The number of hydrogen-bond acceptors (Lipinski definition) is 5. The summed E-state index contributed by atoms with van der Waals surface area (Å²) in [4.78, 5) is 36.1. The maximum absolute atomic E-state index is 12.3. The first-order valence-corrected chi connectivity index (χ1v) is 7.63. The normalized spacial score (nSPS) is 11.4. The molecule has 0 spiro atoms. The first kappa shape index (κ1) is 18.1. The molecule has 0 saturated heterocycles. The number of esters is 1. The van der Waals surface area contributed by atoms with Crippen LogP contribution in [-0.2, 0) is 16.1 Å². The number of carbonyl (C=O) groups excluding carboxylic acids is 2. The van der Waals surface area contributed by atoms with Gasteiger partial charge in [-0.1, -0.05) is 36.4 Å². The first-order valence-electron chi connectivity index (χ1n) is 7.63. The van der Waals surface area contributed by atoms with Crippen LogP contribution >= 0.6 is 0 Å². The maximum Gasteiger partial charge on any atom is 0.339 e. The molecule has 0 saturated carbocycles. The van der Waals surface area contributed by atoms with Crippen molar-refractivity contribution in [2.45, 2.75) is 19.6 Å². The summed E-state index contributed by atoms with van der Waals surface area (Å²) in [6.45, 7) is 1.86. The Balaban J connectivity index is 1.99. The van der Waals surface area contributed by atoms with E-state index in [1.54, 1.807) is 7.05 Å². The molecule has 25 heavy (non-hydrogen) atoms. The van der Waals surface area contributed by atoms with E-state index in [1.807, 2.05) is 30.3 Å².